The molecule has 0 spiro atoms. The van der Waals surface area contributed by atoms with Crippen LogP contribution < -0.4 is 5.73 Å². The van der Waals surface area contributed by atoms with E-state index in [-0.39, 0.29) is 0 Å². The molecule has 1 atom stereocenters. The number of benzene rings is 1. The summed E-state index contributed by atoms with van der Waals surface area (Å²) in [6.07, 6.45) is 0.601. The number of oxime groups is 1. The molecule has 1 aromatic rings. The van der Waals surface area contributed by atoms with Crippen LogP contribution in [0.2, 0.25) is 0 Å². The fraction of sp³-hybridized carbons (Fsp3) is 0.500. The third-order valence-corrected chi connectivity index (χ3v) is 3.66. The van der Waals surface area contributed by atoms with Crippen molar-refractivity contribution in [3.8, 4) is 0 Å². The van der Waals surface area contributed by atoms with Gasteiger partial charge in [-0.1, -0.05) is 35.5 Å². The van der Waals surface area contributed by atoms with Crippen LogP contribution in [-0.4, -0.2) is 54.1 Å². The van der Waals surface area contributed by atoms with E-state index in [1.807, 2.05) is 6.07 Å². The summed E-state index contributed by atoms with van der Waals surface area (Å²) in [5.74, 6) is 0.297. The standard InChI is InChI=1S/C14H22N4O/c1-17-9-10-18(8-7-14(15)16-19)13(11-17)12-5-3-2-4-6-12/h2-6,13,19H,7-11H2,1H3,(H2,15,16). The second-order valence-corrected chi connectivity index (χ2v) is 5.07. The second kappa shape index (κ2) is 6.54. The summed E-state index contributed by atoms with van der Waals surface area (Å²) in [6.45, 7) is 3.90. The number of amidine groups is 1. The summed E-state index contributed by atoms with van der Waals surface area (Å²) in [4.78, 5) is 4.75. The van der Waals surface area contributed by atoms with Crippen molar-refractivity contribution in [1.29, 1.82) is 0 Å². The summed E-state index contributed by atoms with van der Waals surface area (Å²) in [7, 11) is 2.15. The second-order valence-electron chi connectivity index (χ2n) is 5.07. The predicted octanol–water partition coefficient (Wildman–Crippen LogP) is 1.11. The van der Waals surface area contributed by atoms with Gasteiger partial charge in [0.1, 0.15) is 5.84 Å². The monoisotopic (exact) mass is 262 g/mol. The molecule has 0 aromatic heterocycles. The molecule has 0 saturated carbocycles. The Bertz CT molecular complexity index is 421. The maximum atomic E-state index is 8.63. The number of rotatable bonds is 4. The summed E-state index contributed by atoms with van der Waals surface area (Å²) in [5.41, 5.74) is 6.89. The number of nitrogens with two attached hydrogens (primary N) is 1. The lowest BCUT2D eigenvalue weighted by Crippen LogP contribution is -2.47. The Labute approximate surface area is 114 Å². The number of likely N-dealkylation sites (N-methyl/N-ethyl adjacent to an activating group) is 1. The van der Waals surface area contributed by atoms with E-state index in [1.54, 1.807) is 0 Å². The minimum absolute atomic E-state index is 0.297. The van der Waals surface area contributed by atoms with E-state index in [0.29, 0.717) is 18.3 Å². The van der Waals surface area contributed by atoms with Crippen LogP contribution in [0.4, 0.5) is 0 Å². The van der Waals surface area contributed by atoms with Crippen LogP contribution >= 0.6 is 0 Å². The zero-order valence-corrected chi connectivity index (χ0v) is 11.4. The van der Waals surface area contributed by atoms with Gasteiger partial charge in [0.25, 0.3) is 0 Å². The zero-order valence-electron chi connectivity index (χ0n) is 11.4. The van der Waals surface area contributed by atoms with E-state index in [0.717, 1.165) is 26.2 Å². The third kappa shape index (κ3) is 3.68. The first-order valence-corrected chi connectivity index (χ1v) is 6.64. The van der Waals surface area contributed by atoms with E-state index in [9.17, 15) is 0 Å². The summed E-state index contributed by atoms with van der Waals surface area (Å²) >= 11 is 0. The van der Waals surface area contributed by atoms with Crippen LogP contribution in [0.3, 0.4) is 0 Å². The molecule has 0 aliphatic carbocycles. The zero-order chi connectivity index (χ0) is 13.7. The van der Waals surface area contributed by atoms with Crippen LogP contribution in [0.1, 0.15) is 18.0 Å². The van der Waals surface area contributed by atoms with Gasteiger partial charge in [-0.3, -0.25) is 4.90 Å². The first kappa shape index (κ1) is 13.8. The van der Waals surface area contributed by atoms with Gasteiger partial charge in [-0.05, 0) is 12.6 Å². The van der Waals surface area contributed by atoms with Crippen molar-refractivity contribution in [3.63, 3.8) is 0 Å². The molecule has 0 bridgehead atoms. The highest BCUT2D eigenvalue weighted by Gasteiger charge is 2.26. The number of hydrogen-bond acceptors (Lipinski definition) is 4. The molecule has 104 valence electrons. The summed E-state index contributed by atoms with van der Waals surface area (Å²) in [6, 6.07) is 10.9. The van der Waals surface area contributed by atoms with Gasteiger partial charge in [-0.25, -0.2) is 0 Å². The molecular formula is C14H22N4O. The van der Waals surface area contributed by atoms with Crippen molar-refractivity contribution in [1.82, 2.24) is 9.80 Å². The Morgan fingerprint density at radius 1 is 1.37 bits per heavy atom. The number of piperazine rings is 1. The third-order valence-electron chi connectivity index (χ3n) is 3.66. The summed E-state index contributed by atoms with van der Waals surface area (Å²) in [5, 5.41) is 11.7. The molecule has 19 heavy (non-hydrogen) atoms. The maximum absolute atomic E-state index is 8.63. The number of hydrogen-bond donors (Lipinski definition) is 2. The largest absolute Gasteiger partial charge is 0.409 e. The highest BCUT2D eigenvalue weighted by Crippen LogP contribution is 2.24. The lowest BCUT2D eigenvalue weighted by Gasteiger charge is -2.40. The molecule has 1 aromatic carbocycles. The fourth-order valence-corrected chi connectivity index (χ4v) is 2.52. The Kier molecular flexibility index (Phi) is 4.76. The minimum atomic E-state index is 0.297. The molecule has 1 fully saturated rings. The van der Waals surface area contributed by atoms with E-state index in [4.69, 9.17) is 10.9 Å². The van der Waals surface area contributed by atoms with Crippen LogP contribution in [0.25, 0.3) is 0 Å². The highest BCUT2D eigenvalue weighted by atomic mass is 16.4. The van der Waals surface area contributed by atoms with Gasteiger partial charge < -0.3 is 15.8 Å². The van der Waals surface area contributed by atoms with Crippen molar-refractivity contribution >= 4 is 5.84 Å². The lowest BCUT2D eigenvalue weighted by molar-refractivity contribution is 0.0923. The molecule has 1 heterocycles. The molecule has 1 aliphatic rings. The van der Waals surface area contributed by atoms with Gasteiger partial charge in [0.2, 0.25) is 0 Å². The smallest absolute Gasteiger partial charge is 0.140 e. The predicted molar refractivity (Wildman–Crippen MR) is 76.3 cm³/mol. The molecule has 0 radical (unpaired) electrons. The molecule has 1 saturated heterocycles. The maximum Gasteiger partial charge on any atom is 0.140 e. The van der Waals surface area contributed by atoms with Crippen LogP contribution in [0.5, 0.6) is 0 Å². The molecular weight excluding hydrogens is 240 g/mol. The Balaban J connectivity index is 2.07. The molecule has 5 heteroatoms. The minimum Gasteiger partial charge on any atom is -0.409 e. The van der Waals surface area contributed by atoms with Crippen LogP contribution in [-0.2, 0) is 0 Å². The quantitative estimate of drug-likeness (QED) is 0.369. The highest BCUT2D eigenvalue weighted by molar-refractivity contribution is 5.79. The van der Waals surface area contributed by atoms with Crippen molar-refractivity contribution < 1.29 is 5.21 Å². The molecule has 1 aliphatic heterocycles. The van der Waals surface area contributed by atoms with Crippen molar-refractivity contribution in [2.45, 2.75) is 12.5 Å². The Hall–Kier alpha value is -1.59. The SMILES string of the molecule is CN1CCN(CC/C(N)=N/O)C(c2ccccc2)C1. The molecule has 5 nitrogen and oxygen atoms in total. The molecule has 2 rings (SSSR count). The van der Waals surface area contributed by atoms with Crippen molar-refractivity contribution in [2.24, 2.45) is 10.9 Å². The average molecular weight is 262 g/mol. The van der Waals surface area contributed by atoms with Gasteiger partial charge in [0.15, 0.2) is 0 Å². The summed E-state index contributed by atoms with van der Waals surface area (Å²) < 4.78 is 0. The van der Waals surface area contributed by atoms with Gasteiger partial charge in [-0.15, -0.1) is 0 Å². The van der Waals surface area contributed by atoms with Crippen LogP contribution in [0, 0.1) is 0 Å². The Morgan fingerprint density at radius 3 is 2.79 bits per heavy atom. The molecule has 1 unspecified atom stereocenters. The number of nitrogens with zero attached hydrogens (tertiary/aromatic N) is 3. The normalized spacial score (nSPS) is 22.6. The first-order valence-electron chi connectivity index (χ1n) is 6.64. The van der Waals surface area contributed by atoms with Gasteiger partial charge >= 0.3 is 0 Å². The Morgan fingerprint density at radius 2 is 2.11 bits per heavy atom. The first-order chi connectivity index (χ1) is 9.20. The van der Waals surface area contributed by atoms with Gasteiger partial charge in [0.05, 0.1) is 0 Å². The topological polar surface area (TPSA) is 65.1 Å². The van der Waals surface area contributed by atoms with Gasteiger partial charge in [0, 0.05) is 38.6 Å². The average Bonchev–Trinajstić information content (AvgIpc) is 2.46. The fourth-order valence-electron chi connectivity index (χ4n) is 2.52. The van der Waals surface area contributed by atoms with E-state index < -0.39 is 0 Å². The van der Waals surface area contributed by atoms with Gasteiger partial charge in [-0.2, -0.15) is 0 Å². The van der Waals surface area contributed by atoms with E-state index in [1.165, 1.54) is 5.56 Å². The van der Waals surface area contributed by atoms with E-state index in [2.05, 4.69) is 46.3 Å². The van der Waals surface area contributed by atoms with Crippen molar-refractivity contribution in [2.75, 3.05) is 33.2 Å². The van der Waals surface area contributed by atoms with E-state index >= 15 is 0 Å². The molecule has 3 N–H and O–H groups in total. The molecule has 0 amide bonds. The van der Waals surface area contributed by atoms with Crippen molar-refractivity contribution in [3.05, 3.63) is 35.9 Å². The van der Waals surface area contributed by atoms with Crippen LogP contribution in [0.15, 0.2) is 35.5 Å². The lowest BCUT2D eigenvalue weighted by atomic mass is 10.0.